The van der Waals surface area contributed by atoms with Crippen LogP contribution < -0.4 is 5.73 Å². The van der Waals surface area contributed by atoms with Gasteiger partial charge in [0.2, 0.25) is 5.91 Å². The number of nitrogens with zero attached hydrogens (tertiary/aromatic N) is 4. The highest BCUT2D eigenvalue weighted by Crippen LogP contribution is 2.42. The molecule has 1 amide bonds. The van der Waals surface area contributed by atoms with E-state index in [1.54, 1.807) is 6.92 Å². The molecular formula is C18H20ClN5O2S. The largest absolute Gasteiger partial charge is 0.369 e. The molecule has 0 aliphatic carbocycles. The lowest BCUT2D eigenvalue weighted by Crippen LogP contribution is -2.45. The fourth-order valence-corrected chi connectivity index (χ4v) is 5.33. The molecule has 2 aromatic rings. The summed E-state index contributed by atoms with van der Waals surface area (Å²) in [4.78, 5) is 31.1. The van der Waals surface area contributed by atoms with Crippen molar-refractivity contribution in [3.8, 4) is 0 Å². The lowest BCUT2D eigenvalue weighted by molar-refractivity contribution is -0.123. The second-order valence-corrected chi connectivity index (χ2v) is 8.49. The molecule has 7 nitrogen and oxygen atoms in total. The van der Waals surface area contributed by atoms with Gasteiger partial charge in [-0.25, -0.2) is 4.98 Å². The first kappa shape index (κ1) is 18.5. The summed E-state index contributed by atoms with van der Waals surface area (Å²) in [5, 5.41) is 5.13. The van der Waals surface area contributed by atoms with E-state index in [1.807, 2.05) is 24.3 Å². The van der Waals surface area contributed by atoms with Crippen molar-refractivity contribution in [2.45, 2.75) is 36.2 Å². The highest BCUT2D eigenvalue weighted by molar-refractivity contribution is 8.00. The number of nitrogens with two attached hydrogens (primary N) is 1. The van der Waals surface area contributed by atoms with Gasteiger partial charge in [0.25, 0.3) is 5.91 Å². The van der Waals surface area contributed by atoms with E-state index in [4.69, 9.17) is 17.3 Å². The van der Waals surface area contributed by atoms with Gasteiger partial charge in [-0.05, 0) is 50.6 Å². The Balaban J connectivity index is 1.65. The highest BCUT2D eigenvalue weighted by Gasteiger charge is 2.43. The van der Waals surface area contributed by atoms with Crippen LogP contribution >= 0.6 is 23.4 Å². The fraction of sp³-hybridized carbons (Fsp3) is 0.444. The third-order valence-electron chi connectivity index (χ3n) is 5.17. The number of rotatable bonds is 4. The Morgan fingerprint density at radius 1 is 1.37 bits per heavy atom. The first-order valence-corrected chi connectivity index (χ1v) is 10.1. The van der Waals surface area contributed by atoms with Crippen molar-refractivity contribution in [2.75, 3.05) is 13.1 Å². The van der Waals surface area contributed by atoms with Gasteiger partial charge in [-0.3, -0.25) is 14.5 Å². The van der Waals surface area contributed by atoms with Crippen LogP contribution in [0.4, 0.5) is 0 Å². The third-order valence-corrected chi connectivity index (χ3v) is 6.59. The van der Waals surface area contributed by atoms with Crippen molar-refractivity contribution < 1.29 is 9.59 Å². The van der Waals surface area contributed by atoms with Crippen LogP contribution in [0.15, 0.2) is 29.4 Å². The maximum absolute atomic E-state index is 13.0. The van der Waals surface area contributed by atoms with E-state index in [0.717, 1.165) is 5.56 Å². The minimum Gasteiger partial charge on any atom is -0.369 e. The second-order valence-electron chi connectivity index (χ2n) is 6.94. The molecule has 3 heterocycles. The summed E-state index contributed by atoms with van der Waals surface area (Å²) in [6.07, 6.45) is 1.39. The molecule has 2 unspecified atom stereocenters. The highest BCUT2D eigenvalue weighted by atomic mass is 35.5. The van der Waals surface area contributed by atoms with Gasteiger partial charge in [0.05, 0.1) is 6.04 Å². The number of primary amides is 1. The Hall–Kier alpha value is -1.90. The van der Waals surface area contributed by atoms with Gasteiger partial charge in [-0.15, -0.1) is 5.10 Å². The first-order valence-electron chi connectivity index (χ1n) is 8.87. The lowest BCUT2D eigenvalue weighted by atomic mass is 9.92. The molecule has 2 N–H and O–H groups in total. The Kier molecular flexibility index (Phi) is 4.96. The van der Waals surface area contributed by atoms with Crippen LogP contribution in [0, 0.1) is 12.8 Å². The molecule has 1 aromatic heterocycles. The van der Waals surface area contributed by atoms with Gasteiger partial charge in [-0.2, -0.15) is 4.68 Å². The molecule has 1 fully saturated rings. The lowest BCUT2D eigenvalue weighted by Gasteiger charge is -2.38. The van der Waals surface area contributed by atoms with Crippen molar-refractivity contribution >= 4 is 35.2 Å². The number of hydrogen-bond acceptors (Lipinski definition) is 6. The van der Waals surface area contributed by atoms with Crippen LogP contribution in [-0.2, 0) is 4.79 Å². The van der Waals surface area contributed by atoms with Crippen LogP contribution in [0.5, 0.6) is 0 Å². The second kappa shape index (κ2) is 7.26. The summed E-state index contributed by atoms with van der Waals surface area (Å²) in [7, 11) is 0. The van der Waals surface area contributed by atoms with Gasteiger partial charge < -0.3 is 5.73 Å². The predicted molar refractivity (Wildman–Crippen MR) is 103 cm³/mol. The van der Waals surface area contributed by atoms with Crippen LogP contribution in [0.1, 0.15) is 35.1 Å². The topological polar surface area (TPSA) is 94.1 Å². The molecular weight excluding hydrogens is 386 g/mol. The Bertz CT molecular complexity index is 894. The number of aromatic nitrogens is 3. The number of amides is 1. The number of halogens is 1. The molecule has 0 saturated carbocycles. The van der Waals surface area contributed by atoms with E-state index in [1.165, 1.54) is 16.4 Å². The molecule has 0 spiro atoms. The van der Waals surface area contributed by atoms with E-state index < -0.39 is 0 Å². The quantitative estimate of drug-likeness (QED) is 0.838. The van der Waals surface area contributed by atoms with Gasteiger partial charge >= 0.3 is 0 Å². The zero-order valence-corrected chi connectivity index (χ0v) is 16.4. The summed E-state index contributed by atoms with van der Waals surface area (Å²) in [5.41, 5.74) is 6.45. The van der Waals surface area contributed by atoms with E-state index >= 15 is 0 Å². The molecule has 2 aliphatic rings. The zero-order chi connectivity index (χ0) is 19.1. The number of aryl methyl sites for hydroxylation is 1. The summed E-state index contributed by atoms with van der Waals surface area (Å²) in [6.45, 7) is 3.17. The van der Waals surface area contributed by atoms with E-state index in [2.05, 4.69) is 15.0 Å². The molecule has 0 radical (unpaired) electrons. The standard InChI is InChI=1S/C18H20ClN5O2S/c1-10-21-18-24(22-10)17(26)15(27-18)14(12-3-2-4-13(19)9-12)23-7-5-11(6-8-23)16(20)25/h2-4,9,11,14-15H,5-8H2,1H3,(H2,20,25). The maximum atomic E-state index is 13.0. The Labute approximate surface area is 166 Å². The maximum Gasteiger partial charge on any atom is 0.264 e. The van der Waals surface area contributed by atoms with Gasteiger partial charge in [0.15, 0.2) is 5.16 Å². The molecule has 1 saturated heterocycles. The average Bonchev–Trinajstić information content (AvgIpc) is 3.14. The number of carbonyl (C=O) groups is 2. The minimum absolute atomic E-state index is 0.0717. The molecule has 4 rings (SSSR count). The van der Waals surface area contributed by atoms with Crippen LogP contribution in [-0.4, -0.2) is 49.8 Å². The summed E-state index contributed by atoms with van der Waals surface area (Å²) < 4.78 is 1.40. The van der Waals surface area contributed by atoms with Gasteiger partial charge in [-0.1, -0.05) is 35.5 Å². The van der Waals surface area contributed by atoms with Crippen LogP contribution in [0.25, 0.3) is 0 Å². The molecule has 2 atom stereocenters. The van der Waals surface area contributed by atoms with Gasteiger partial charge in [0.1, 0.15) is 11.1 Å². The van der Waals surface area contributed by atoms with Crippen molar-refractivity contribution in [1.29, 1.82) is 0 Å². The van der Waals surface area contributed by atoms with E-state index in [9.17, 15) is 9.59 Å². The predicted octanol–water partition coefficient (Wildman–Crippen LogP) is 2.29. The Morgan fingerprint density at radius 2 is 2.11 bits per heavy atom. The molecule has 9 heteroatoms. The first-order chi connectivity index (χ1) is 12.9. The Morgan fingerprint density at radius 3 is 2.74 bits per heavy atom. The van der Waals surface area contributed by atoms with Crippen molar-refractivity contribution in [3.63, 3.8) is 0 Å². The zero-order valence-electron chi connectivity index (χ0n) is 14.8. The number of fused-ring (bicyclic) bond motifs is 1. The number of thioether (sulfide) groups is 1. The number of carbonyl (C=O) groups excluding carboxylic acids is 2. The molecule has 142 valence electrons. The fourth-order valence-electron chi connectivity index (χ4n) is 3.83. The summed E-state index contributed by atoms with van der Waals surface area (Å²) in [6, 6.07) is 7.44. The third kappa shape index (κ3) is 3.49. The van der Waals surface area contributed by atoms with Crippen molar-refractivity contribution in [1.82, 2.24) is 19.7 Å². The average molecular weight is 406 g/mol. The summed E-state index contributed by atoms with van der Waals surface area (Å²) >= 11 is 7.66. The monoisotopic (exact) mass is 405 g/mol. The van der Waals surface area contributed by atoms with E-state index in [0.29, 0.717) is 41.9 Å². The molecule has 0 bridgehead atoms. The smallest absolute Gasteiger partial charge is 0.264 e. The van der Waals surface area contributed by atoms with Crippen molar-refractivity contribution in [2.24, 2.45) is 11.7 Å². The molecule has 2 aliphatic heterocycles. The summed E-state index contributed by atoms with van der Waals surface area (Å²) in [5.74, 6) is 0.163. The van der Waals surface area contributed by atoms with E-state index in [-0.39, 0.29) is 29.0 Å². The number of hydrogen-bond donors (Lipinski definition) is 1. The van der Waals surface area contributed by atoms with Crippen LogP contribution in [0.3, 0.4) is 0 Å². The normalized spacial score (nSPS) is 22.0. The minimum atomic E-state index is -0.357. The molecule has 27 heavy (non-hydrogen) atoms. The SMILES string of the molecule is Cc1nc2n(n1)C(=O)C(C(c1cccc(Cl)c1)N1CCC(C(N)=O)CC1)S2. The molecule has 1 aromatic carbocycles. The number of likely N-dealkylation sites (tertiary alicyclic amines) is 1. The van der Waals surface area contributed by atoms with Crippen LogP contribution in [0.2, 0.25) is 5.02 Å². The van der Waals surface area contributed by atoms with Gasteiger partial charge in [0, 0.05) is 10.9 Å². The number of benzene rings is 1. The van der Waals surface area contributed by atoms with Crippen molar-refractivity contribution in [3.05, 3.63) is 40.7 Å². The number of piperidine rings is 1.